The molecule has 0 unspecified atom stereocenters. The van der Waals surface area contributed by atoms with E-state index in [1.54, 1.807) is 19.1 Å². The van der Waals surface area contributed by atoms with Gasteiger partial charge < -0.3 is 15.6 Å². The van der Waals surface area contributed by atoms with Crippen LogP contribution in [0.3, 0.4) is 0 Å². The largest absolute Gasteiger partial charge is 0.462 e. The van der Waals surface area contributed by atoms with Gasteiger partial charge in [0.1, 0.15) is 0 Å². The van der Waals surface area contributed by atoms with Crippen molar-refractivity contribution in [1.29, 1.82) is 0 Å². The molecule has 0 aromatic heterocycles. The number of rotatable bonds is 3. The number of benzene rings is 1. The summed E-state index contributed by atoms with van der Waals surface area (Å²) in [6, 6.07) is 4.70. The molecular weight excluding hydrogens is 182 g/mol. The van der Waals surface area contributed by atoms with Crippen LogP contribution in [0.1, 0.15) is 22.8 Å². The van der Waals surface area contributed by atoms with E-state index in [-0.39, 0.29) is 6.61 Å². The van der Waals surface area contributed by atoms with Crippen molar-refractivity contribution in [2.75, 3.05) is 12.3 Å². The van der Waals surface area contributed by atoms with Gasteiger partial charge in [0.2, 0.25) is 0 Å². The van der Waals surface area contributed by atoms with E-state index >= 15 is 0 Å². The van der Waals surface area contributed by atoms with Crippen molar-refractivity contribution in [2.24, 2.45) is 0 Å². The van der Waals surface area contributed by atoms with Crippen LogP contribution < -0.4 is 5.73 Å². The molecule has 1 rings (SSSR count). The molecule has 0 fully saturated rings. The van der Waals surface area contributed by atoms with Gasteiger partial charge in [-0.15, -0.1) is 0 Å². The highest BCUT2D eigenvalue weighted by Gasteiger charge is 2.07. The van der Waals surface area contributed by atoms with Gasteiger partial charge in [-0.3, -0.25) is 0 Å². The van der Waals surface area contributed by atoms with Crippen molar-refractivity contribution in [3.8, 4) is 0 Å². The predicted octanol–water partition coefficient (Wildman–Crippen LogP) is 0.938. The molecule has 0 atom stereocenters. The van der Waals surface area contributed by atoms with Crippen LogP contribution in [-0.2, 0) is 11.3 Å². The van der Waals surface area contributed by atoms with Crippen molar-refractivity contribution >= 4 is 11.7 Å². The molecule has 1 aromatic rings. The van der Waals surface area contributed by atoms with Gasteiger partial charge in [0, 0.05) is 11.3 Å². The molecule has 1 aromatic carbocycles. The fourth-order valence-corrected chi connectivity index (χ4v) is 1.08. The Morgan fingerprint density at radius 1 is 1.57 bits per heavy atom. The van der Waals surface area contributed by atoms with E-state index < -0.39 is 5.97 Å². The molecule has 14 heavy (non-hydrogen) atoms. The first-order valence-corrected chi connectivity index (χ1v) is 4.35. The quantitative estimate of drug-likeness (QED) is 0.556. The number of hydrogen-bond donors (Lipinski definition) is 2. The van der Waals surface area contributed by atoms with Crippen molar-refractivity contribution in [1.82, 2.24) is 0 Å². The molecule has 0 aliphatic carbocycles. The molecule has 0 saturated heterocycles. The second kappa shape index (κ2) is 4.62. The minimum absolute atomic E-state index is 0.130. The average Bonchev–Trinajstić information content (AvgIpc) is 2.18. The topological polar surface area (TPSA) is 72.5 Å². The fraction of sp³-hybridized carbons (Fsp3) is 0.300. The van der Waals surface area contributed by atoms with Crippen molar-refractivity contribution < 1.29 is 14.6 Å². The normalized spacial score (nSPS) is 9.86. The van der Waals surface area contributed by atoms with Gasteiger partial charge in [-0.05, 0) is 19.1 Å². The summed E-state index contributed by atoms with van der Waals surface area (Å²) >= 11 is 0. The van der Waals surface area contributed by atoms with Gasteiger partial charge in [0.25, 0.3) is 0 Å². The zero-order valence-corrected chi connectivity index (χ0v) is 7.99. The summed E-state index contributed by atoms with van der Waals surface area (Å²) in [5, 5.41) is 8.86. The Bertz CT molecular complexity index is 336. The number of aliphatic hydroxyl groups excluding tert-OH is 1. The highest BCUT2D eigenvalue weighted by Crippen LogP contribution is 2.14. The van der Waals surface area contributed by atoms with Crippen LogP contribution >= 0.6 is 0 Å². The summed E-state index contributed by atoms with van der Waals surface area (Å²) in [6.45, 7) is 1.94. The second-order valence-corrected chi connectivity index (χ2v) is 2.79. The van der Waals surface area contributed by atoms with Crippen LogP contribution in [-0.4, -0.2) is 17.7 Å². The van der Waals surface area contributed by atoms with Crippen LogP contribution in [0.5, 0.6) is 0 Å². The highest BCUT2D eigenvalue weighted by atomic mass is 16.5. The molecule has 4 nitrogen and oxygen atoms in total. The van der Waals surface area contributed by atoms with E-state index in [4.69, 9.17) is 15.6 Å². The highest BCUT2D eigenvalue weighted by molar-refractivity contribution is 5.90. The number of hydrogen-bond acceptors (Lipinski definition) is 4. The Kier molecular flexibility index (Phi) is 3.48. The minimum Gasteiger partial charge on any atom is -0.462 e. The lowest BCUT2D eigenvalue weighted by atomic mass is 10.1. The molecule has 0 aliphatic rings. The Morgan fingerprint density at radius 2 is 2.29 bits per heavy atom. The molecule has 0 bridgehead atoms. The first-order valence-electron chi connectivity index (χ1n) is 4.35. The van der Waals surface area contributed by atoms with Crippen molar-refractivity contribution in [2.45, 2.75) is 13.5 Å². The molecule has 76 valence electrons. The average molecular weight is 195 g/mol. The van der Waals surface area contributed by atoms with Gasteiger partial charge in [-0.1, -0.05) is 6.07 Å². The summed E-state index contributed by atoms with van der Waals surface area (Å²) in [5.41, 5.74) is 7.01. The van der Waals surface area contributed by atoms with E-state index in [2.05, 4.69) is 0 Å². The number of ether oxygens (including phenoxy) is 1. The molecule has 0 spiro atoms. The number of anilines is 1. The molecule has 4 heteroatoms. The number of nitrogens with two attached hydrogens (primary N) is 1. The summed E-state index contributed by atoms with van der Waals surface area (Å²) in [7, 11) is 0. The number of carbonyl (C=O) groups excluding carboxylic acids is 1. The van der Waals surface area contributed by atoms with Crippen LogP contribution in [0, 0.1) is 0 Å². The molecular formula is C10H13NO3. The van der Waals surface area contributed by atoms with Gasteiger partial charge in [-0.25, -0.2) is 4.79 Å². The predicted molar refractivity (Wildman–Crippen MR) is 52.7 cm³/mol. The Balaban J connectivity index is 2.91. The number of nitrogen functional groups attached to an aromatic ring is 1. The van der Waals surface area contributed by atoms with E-state index in [1.165, 1.54) is 6.07 Å². The third-order valence-electron chi connectivity index (χ3n) is 1.83. The molecule has 0 heterocycles. The minimum atomic E-state index is -0.399. The number of aliphatic hydroxyl groups is 1. The van der Waals surface area contributed by atoms with Crippen molar-refractivity contribution in [3.63, 3.8) is 0 Å². The van der Waals surface area contributed by atoms with E-state index in [0.717, 1.165) is 0 Å². The maximum absolute atomic E-state index is 11.3. The second-order valence-electron chi connectivity index (χ2n) is 2.79. The number of esters is 1. The Morgan fingerprint density at radius 3 is 2.79 bits per heavy atom. The van der Waals surface area contributed by atoms with E-state index in [9.17, 15) is 4.79 Å². The van der Waals surface area contributed by atoms with Crippen LogP contribution in [0.4, 0.5) is 5.69 Å². The lowest BCUT2D eigenvalue weighted by Crippen LogP contribution is -2.06. The summed E-state index contributed by atoms with van der Waals surface area (Å²) in [5.74, 6) is -0.399. The number of carbonyl (C=O) groups is 1. The smallest absolute Gasteiger partial charge is 0.338 e. The lowest BCUT2D eigenvalue weighted by Gasteiger charge is -2.05. The third-order valence-corrected chi connectivity index (χ3v) is 1.83. The lowest BCUT2D eigenvalue weighted by molar-refractivity contribution is 0.0526. The molecule has 0 amide bonds. The van der Waals surface area contributed by atoms with Gasteiger partial charge in [0.15, 0.2) is 0 Å². The summed E-state index contributed by atoms with van der Waals surface area (Å²) < 4.78 is 4.80. The van der Waals surface area contributed by atoms with E-state index in [1.807, 2.05) is 0 Å². The zero-order valence-electron chi connectivity index (χ0n) is 7.99. The Labute approximate surface area is 82.3 Å². The monoisotopic (exact) mass is 195 g/mol. The zero-order chi connectivity index (χ0) is 10.6. The maximum atomic E-state index is 11.3. The molecule has 3 N–H and O–H groups in total. The first kappa shape index (κ1) is 10.5. The van der Waals surface area contributed by atoms with Crippen LogP contribution in [0.2, 0.25) is 0 Å². The summed E-state index contributed by atoms with van der Waals surface area (Å²) in [6.07, 6.45) is 0. The van der Waals surface area contributed by atoms with Crippen LogP contribution in [0.25, 0.3) is 0 Å². The standard InChI is InChI=1S/C10H13NO3/c1-2-14-10(13)7-3-4-8(6-12)9(11)5-7/h3-5,12H,2,6,11H2,1H3. The van der Waals surface area contributed by atoms with Crippen molar-refractivity contribution in [3.05, 3.63) is 29.3 Å². The van der Waals surface area contributed by atoms with Gasteiger partial charge >= 0.3 is 5.97 Å². The SMILES string of the molecule is CCOC(=O)c1ccc(CO)c(N)c1. The first-order chi connectivity index (χ1) is 6.69. The van der Waals surface area contributed by atoms with E-state index in [0.29, 0.717) is 23.4 Å². The maximum Gasteiger partial charge on any atom is 0.338 e. The molecule has 0 aliphatic heterocycles. The third kappa shape index (κ3) is 2.23. The Hall–Kier alpha value is -1.55. The van der Waals surface area contributed by atoms with Gasteiger partial charge in [0.05, 0.1) is 18.8 Å². The fourth-order valence-electron chi connectivity index (χ4n) is 1.08. The van der Waals surface area contributed by atoms with Gasteiger partial charge in [-0.2, -0.15) is 0 Å². The molecule has 0 saturated carbocycles. The van der Waals surface area contributed by atoms with Crippen LogP contribution in [0.15, 0.2) is 18.2 Å². The molecule has 0 radical (unpaired) electrons. The summed E-state index contributed by atoms with van der Waals surface area (Å²) in [4.78, 5) is 11.3.